The van der Waals surface area contributed by atoms with Gasteiger partial charge in [-0.1, -0.05) is 19.1 Å². The molecule has 2 atom stereocenters. The van der Waals surface area contributed by atoms with Crippen molar-refractivity contribution in [1.29, 1.82) is 0 Å². The summed E-state index contributed by atoms with van der Waals surface area (Å²) in [5, 5.41) is 0.383. The smallest absolute Gasteiger partial charge is 0.324 e. The lowest BCUT2D eigenvalue weighted by atomic mass is 10.2. The minimum Gasteiger partial charge on any atom is -0.454 e. The third-order valence-electron chi connectivity index (χ3n) is 4.78. The van der Waals surface area contributed by atoms with Crippen molar-refractivity contribution in [3.63, 3.8) is 0 Å². The summed E-state index contributed by atoms with van der Waals surface area (Å²) in [5.74, 6) is -0.952. The SMILES string of the molecule is CC1CCN(C(=O)COC(=O)[C@@H]2CCCN2S(C)(=O)=O)c2ccccc2S1. The zero-order chi connectivity index (χ0) is 19.6. The lowest BCUT2D eigenvalue weighted by Gasteiger charge is -2.24. The highest BCUT2D eigenvalue weighted by Gasteiger charge is 2.38. The van der Waals surface area contributed by atoms with Crippen LogP contribution in [-0.4, -0.2) is 61.8 Å². The summed E-state index contributed by atoms with van der Waals surface area (Å²) in [6.45, 7) is 2.59. The maximum absolute atomic E-state index is 12.7. The lowest BCUT2D eigenvalue weighted by Crippen LogP contribution is -2.42. The maximum Gasteiger partial charge on any atom is 0.324 e. The van der Waals surface area contributed by atoms with E-state index < -0.39 is 22.0 Å². The van der Waals surface area contributed by atoms with E-state index in [0.29, 0.717) is 31.2 Å². The fourth-order valence-electron chi connectivity index (χ4n) is 3.43. The van der Waals surface area contributed by atoms with Gasteiger partial charge in [-0.3, -0.25) is 9.59 Å². The Morgan fingerprint density at radius 1 is 1.22 bits per heavy atom. The number of benzene rings is 1. The number of para-hydroxylation sites is 1. The van der Waals surface area contributed by atoms with Crippen molar-refractivity contribution >= 4 is 39.3 Å². The molecular formula is C18H24N2O5S2. The molecule has 3 rings (SSSR count). The number of ether oxygens (including phenoxy) is 1. The molecular weight excluding hydrogens is 388 g/mol. The van der Waals surface area contributed by atoms with Crippen LogP contribution in [-0.2, 0) is 24.3 Å². The maximum atomic E-state index is 12.7. The highest BCUT2D eigenvalue weighted by atomic mass is 32.2. The fourth-order valence-corrected chi connectivity index (χ4v) is 5.65. The summed E-state index contributed by atoms with van der Waals surface area (Å²) in [6.07, 6.45) is 2.94. The van der Waals surface area contributed by atoms with Gasteiger partial charge in [-0.25, -0.2) is 8.42 Å². The van der Waals surface area contributed by atoms with Crippen molar-refractivity contribution in [2.75, 3.05) is 30.9 Å². The number of amides is 1. The van der Waals surface area contributed by atoms with E-state index in [1.807, 2.05) is 24.3 Å². The normalized spacial score (nSPS) is 23.6. The molecule has 0 aromatic heterocycles. The highest BCUT2D eigenvalue weighted by molar-refractivity contribution is 8.00. The first-order chi connectivity index (χ1) is 12.8. The van der Waals surface area contributed by atoms with Crippen molar-refractivity contribution in [2.24, 2.45) is 0 Å². The molecule has 1 fully saturated rings. The molecule has 2 heterocycles. The third-order valence-corrected chi connectivity index (χ3v) is 7.31. The summed E-state index contributed by atoms with van der Waals surface area (Å²) in [7, 11) is -3.47. The van der Waals surface area contributed by atoms with Crippen LogP contribution in [0, 0.1) is 0 Å². The highest BCUT2D eigenvalue weighted by Crippen LogP contribution is 2.37. The number of esters is 1. The van der Waals surface area contributed by atoms with Gasteiger partial charge in [0.25, 0.3) is 5.91 Å². The second-order valence-corrected chi connectivity index (χ2v) is 10.3. The van der Waals surface area contributed by atoms with Crippen LogP contribution in [0.5, 0.6) is 0 Å². The molecule has 2 aliphatic heterocycles. The van der Waals surface area contributed by atoms with E-state index in [0.717, 1.165) is 27.6 Å². The number of thioether (sulfide) groups is 1. The minimum absolute atomic E-state index is 0.297. The second kappa shape index (κ2) is 8.20. The average Bonchev–Trinajstić information content (AvgIpc) is 3.05. The number of rotatable bonds is 4. The predicted molar refractivity (Wildman–Crippen MR) is 104 cm³/mol. The molecule has 0 aliphatic carbocycles. The molecule has 7 nitrogen and oxygen atoms in total. The number of hydrogen-bond donors (Lipinski definition) is 0. The van der Waals surface area contributed by atoms with Crippen LogP contribution in [0.1, 0.15) is 26.2 Å². The molecule has 2 aliphatic rings. The minimum atomic E-state index is -3.47. The topological polar surface area (TPSA) is 84.0 Å². The summed E-state index contributed by atoms with van der Waals surface area (Å²) >= 11 is 1.73. The predicted octanol–water partition coefficient (Wildman–Crippen LogP) is 1.87. The summed E-state index contributed by atoms with van der Waals surface area (Å²) in [6, 6.07) is 6.86. The number of nitrogens with zero attached hydrogens (tertiary/aromatic N) is 2. The average molecular weight is 413 g/mol. The van der Waals surface area contributed by atoms with E-state index in [2.05, 4.69) is 6.92 Å². The first-order valence-electron chi connectivity index (χ1n) is 8.97. The number of carbonyl (C=O) groups is 2. The second-order valence-electron chi connectivity index (χ2n) is 6.87. The Morgan fingerprint density at radius 2 is 1.96 bits per heavy atom. The van der Waals surface area contributed by atoms with Crippen molar-refractivity contribution < 1.29 is 22.7 Å². The Kier molecular flexibility index (Phi) is 6.12. The molecule has 0 N–H and O–H groups in total. The monoisotopic (exact) mass is 412 g/mol. The molecule has 0 bridgehead atoms. The number of hydrogen-bond acceptors (Lipinski definition) is 6. The van der Waals surface area contributed by atoms with Gasteiger partial charge in [-0.05, 0) is 31.4 Å². The number of carbonyl (C=O) groups excluding carboxylic acids is 2. The van der Waals surface area contributed by atoms with Gasteiger partial charge in [0.05, 0.1) is 11.9 Å². The first kappa shape index (κ1) is 20.2. The fraction of sp³-hybridized carbons (Fsp3) is 0.556. The van der Waals surface area contributed by atoms with Gasteiger partial charge in [-0.15, -0.1) is 11.8 Å². The van der Waals surface area contributed by atoms with Crippen molar-refractivity contribution in [1.82, 2.24) is 4.31 Å². The molecule has 1 aromatic rings. The summed E-state index contributed by atoms with van der Waals surface area (Å²) < 4.78 is 29.9. The third kappa shape index (κ3) is 4.64. The molecule has 1 unspecified atom stereocenters. The van der Waals surface area contributed by atoms with Crippen LogP contribution in [0.15, 0.2) is 29.2 Å². The van der Waals surface area contributed by atoms with Gasteiger partial charge in [0.1, 0.15) is 6.04 Å². The summed E-state index contributed by atoms with van der Waals surface area (Å²) in [4.78, 5) is 27.8. The van der Waals surface area contributed by atoms with Crippen LogP contribution >= 0.6 is 11.8 Å². The van der Waals surface area contributed by atoms with Gasteiger partial charge < -0.3 is 9.64 Å². The number of anilines is 1. The van der Waals surface area contributed by atoms with E-state index in [-0.39, 0.29) is 12.5 Å². The van der Waals surface area contributed by atoms with Crippen molar-refractivity contribution in [2.45, 2.75) is 42.4 Å². The number of fused-ring (bicyclic) bond motifs is 1. The van der Waals surface area contributed by atoms with Crippen LogP contribution < -0.4 is 4.90 Å². The molecule has 0 saturated carbocycles. The van der Waals surface area contributed by atoms with Gasteiger partial charge in [0.15, 0.2) is 6.61 Å². The molecule has 27 heavy (non-hydrogen) atoms. The van der Waals surface area contributed by atoms with E-state index in [9.17, 15) is 18.0 Å². The van der Waals surface area contributed by atoms with Gasteiger partial charge in [-0.2, -0.15) is 4.31 Å². The molecule has 1 aromatic carbocycles. The zero-order valence-electron chi connectivity index (χ0n) is 15.5. The zero-order valence-corrected chi connectivity index (χ0v) is 17.1. The Balaban J connectivity index is 1.66. The van der Waals surface area contributed by atoms with E-state index >= 15 is 0 Å². The Bertz CT molecular complexity index is 827. The number of sulfonamides is 1. The van der Waals surface area contributed by atoms with Crippen LogP contribution in [0.2, 0.25) is 0 Å². The molecule has 1 saturated heterocycles. The lowest BCUT2D eigenvalue weighted by molar-refractivity contribution is -0.151. The van der Waals surface area contributed by atoms with E-state index in [1.165, 1.54) is 0 Å². The van der Waals surface area contributed by atoms with Gasteiger partial charge in [0.2, 0.25) is 10.0 Å². The van der Waals surface area contributed by atoms with Gasteiger partial charge >= 0.3 is 5.97 Å². The van der Waals surface area contributed by atoms with Crippen molar-refractivity contribution in [3.05, 3.63) is 24.3 Å². The molecule has 1 amide bonds. The molecule has 148 valence electrons. The molecule has 9 heteroatoms. The quantitative estimate of drug-likeness (QED) is 0.702. The van der Waals surface area contributed by atoms with E-state index in [1.54, 1.807) is 16.7 Å². The van der Waals surface area contributed by atoms with Crippen LogP contribution in [0.4, 0.5) is 5.69 Å². The molecule has 0 radical (unpaired) electrons. The largest absolute Gasteiger partial charge is 0.454 e. The van der Waals surface area contributed by atoms with Crippen LogP contribution in [0.3, 0.4) is 0 Å². The Labute approximate surface area is 164 Å². The van der Waals surface area contributed by atoms with Crippen molar-refractivity contribution in [3.8, 4) is 0 Å². The summed E-state index contributed by atoms with van der Waals surface area (Å²) in [5.41, 5.74) is 0.825. The van der Waals surface area contributed by atoms with Gasteiger partial charge in [0, 0.05) is 23.2 Å². The van der Waals surface area contributed by atoms with E-state index in [4.69, 9.17) is 4.74 Å². The van der Waals surface area contributed by atoms with Crippen LogP contribution in [0.25, 0.3) is 0 Å². The Hall–Kier alpha value is -1.58. The standard InChI is InChI=1S/C18H24N2O5S2/c1-13-9-11-19(14-6-3-4-8-16(14)26-13)17(21)12-25-18(22)15-7-5-10-20(15)27(2,23)24/h3-4,6,8,13,15H,5,7,9-12H2,1-2H3/t13?,15-/m0/s1. The molecule has 0 spiro atoms. The Morgan fingerprint density at radius 3 is 2.70 bits per heavy atom. The first-order valence-corrected chi connectivity index (χ1v) is 11.7.